The Balaban J connectivity index is 1.44. The van der Waals surface area contributed by atoms with Crippen LogP contribution in [0.15, 0.2) is 82.6 Å². The van der Waals surface area contributed by atoms with Crippen molar-refractivity contribution in [2.75, 3.05) is 17.3 Å². The number of ether oxygens (including phenoxy) is 1. The molecule has 3 unspecified atom stereocenters. The average molecular weight is 606 g/mol. The van der Waals surface area contributed by atoms with E-state index in [1.807, 2.05) is 43.3 Å². The molecule has 3 atom stereocenters. The molecule has 0 bridgehead atoms. The van der Waals surface area contributed by atoms with Gasteiger partial charge < -0.3 is 10.1 Å². The normalized spacial score (nSPS) is 19.6. The molecule has 3 heterocycles. The minimum absolute atomic E-state index is 0.231. The Hall–Kier alpha value is -3.86. The largest absolute Gasteiger partial charge is 0.496 e. The van der Waals surface area contributed by atoms with Crippen LogP contribution in [0.4, 0.5) is 11.4 Å². The fraction of sp³-hybridized carbons (Fsp3) is 0.200. The molecule has 1 N–H and O–H groups in total. The van der Waals surface area contributed by atoms with Crippen LogP contribution < -0.4 is 19.8 Å². The fourth-order valence-electron chi connectivity index (χ4n) is 5.40. The molecule has 2 aliphatic rings. The molecule has 3 aromatic carbocycles. The van der Waals surface area contributed by atoms with Gasteiger partial charge in [0.25, 0.3) is 0 Å². The van der Waals surface area contributed by atoms with Gasteiger partial charge in [0.15, 0.2) is 0 Å². The van der Waals surface area contributed by atoms with E-state index in [1.165, 1.54) is 21.2 Å². The van der Waals surface area contributed by atoms with Crippen LogP contribution in [0.3, 0.4) is 0 Å². The van der Waals surface area contributed by atoms with Gasteiger partial charge in [-0.2, -0.15) is 0 Å². The summed E-state index contributed by atoms with van der Waals surface area (Å²) in [6.07, 6.45) is 0. The number of benzene rings is 3. The highest BCUT2D eigenvalue weighted by Crippen LogP contribution is 2.55. The number of aromatic nitrogens is 1. The molecule has 6 rings (SSSR count). The van der Waals surface area contributed by atoms with Gasteiger partial charge in [0.1, 0.15) is 17.5 Å². The first-order chi connectivity index (χ1) is 19.8. The second kappa shape index (κ2) is 10.8. The quantitative estimate of drug-likeness (QED) is 0.299. The Labute approximate surface area is 248 Å². The van der Waals surface area contributed by atoms with Crippen LogP contribution in [-0.4, -0.2) is 34.6 Å². The Morgan fingerprint density at radius 2 is 1.68 bits per heavy atom. The second-order valence-electron chi connectivity index (χ2n) is 9.76. The van der Waals surface area contributed by atoms with Gasteiger partial charge in [0, 0.05) is 27.1 Å². The van der Waals surface area contributed by atoms with Gasteiger partial charge in [0.05, 0.1) is 23.7 Å². The van der Waals surface area contributed by atoms with E-state index in [1.54, 1.807) is 43.5 Å². The second-order valence-corrected chi connectivity index (χ2v) is 12.3. The van der Waals surface area contributed by atoms with Gasteiger partial charge in [-0.05, 0) is 48.9 Å². The molecule has 8 nitrogen and oxygen atoms in total. The Morgan fingerprint density at radius 3 is 2.41 bits per heavy atom. The third kappa shape index (κ3) is 4.75. The standard InChI is InChI=1S/C30H24ClN3O5S2/c1-16-7-3-5-9-20(16)32-22(35)15-33-29-26(41-30(33)38)23(19-8-4-6-10-21(19)39-2)24-25(40-29)28(37)34(27(24)36)18-13-11-17(31)12-14-18/h3-14,23-25H,15H2,1-2H3,(H,32,35). The zero-order chi connectivity index (χ0) is 28.8. The third-order valence-electron chi connectivity index (χ3n) is 7.33. The molecule has 0 aliphatic carbocycles. The average Bonchev–Trinajstić information content (AvgIpc) is 3.41. The van der Waals surface area contributed by atoms with Crippen molar-refractivity contribution < 1.29 is 19.1 Å². The molecule has 3 amide bonds. The van der Waals surface area contributed by atoms with Gasteiger partial charge in [0.2, 0.25) is 17.7 Å². The van der Waals surface area contributed by atoms with E-state index in [-0.39, 0.29) is 29.1 Å². The van der Waals surface area contributed by atoms with E-state index < -0.39 is 17.1 Å². The summed E-state index contributed by atoms with van der Waals surface area (Å²) in [6.45, 7) is 1.66. The number of nitrogens with one attached hydrogen (secondary N) is 1. The van der Waals surface area contributed by atoms with E-state index in [0.717, 1.165) is 16.9 Å². The zero-order valence-electron chi connectivity index (χ0n) is 22.0. The van der Waals surface area contributed by atoms with Crippen LogP contribution in [0, 0.1) is 12.8 Å². The lowest BCUT2D eigenvalue weighted by Crippen LogP contribution is -2.33. The minimum atomic E-state index is -0.805. The Morgan fingerprint density at radius 1 is 0.976 bits per heavy atom. The lowest BCUT2D eigenvalue weighted by molar-refractivity contribution is -0.122. The third-order valence-corrected chi connectivity index (χ3v) is 10.2. The van der Waals surface area contributed by atoms with Crippen molar-refractivity contribution in [3.8, 4) is 5.75 Å². The number of hydrogen-bond acceptors (Lipinski definition) is 7. The predicted octanol–water partition coefficient (Wildman–Crippen LogP) is 5.31. The van der Waals surface area contributed by atoms with Gasteiger partial charge in [-0.15, -0.1) is 0 Å². The van der Waals surface area contributed by atoms with Crippen LogP contribution in [0.5, 0.6) is 5.75 Å². The monoisotopic (exact) mass is 605 g/mol. The number of methoxy groups -OCH3 is 1. The first-order valence-electron chi connectivity index (χ1n) is 12.8. The van der Waals surface area contributed by atoms with E-state index in [0.29, 0.717) is 37.6 Å². The highest BCUT2D eigenvalue weighted by atomic mass is 35.5. The van der Waals surface area contributed by atoms with E-state index >= 15 is 0 Å². The molecule has 41 heavy (non-hydrogen) atoms. The van der Waals surface area contributed by atoms with Crippen molar-refractivity contribution in [1.82, 2.24) is 4.57 Å². The molecule has 0 radical (unpaired) electrons. The highest BCUT2D eigenvalue weighted by molar-refractivity contribution is 8.00. The highest BCUT2D eigenvalue weighted by Gasteiger charge is 2.57. The molecular weight excluding hydrogens is 582 g/mol. The molecular formula is C30H24ClN3O5S2. The number of hydrogen-bond donors (Lipinski definition) is 1. The number of imide groups is 1. The fourth-order valence-corrected chi connectivity index (χ4v) is 8.29. The maximum Gasteiger partial charge on any atom is 0.308 e. The minimum Gasteiger partial charge on any atom is -0.496 e. The van der Waals surface area contributed by atoms with Gasteiger partial charge in [-0.25, -0.2) is 4.90 Å². The predicted molar refractivity (Wildman–Crippen MR) is 160 cm³/mol. The molecule has 208 valence electrons. The van der Waals surface area contributed by atoms with Crippen LogP contribution in [0.1, 0.15) is 21.9 Å². The number of aryl methyl sites for hydroxylation is 1. The van der Waals surface area contributed by atoms with Crippen molar-refractivity contribution in [2.45, 2.75) is 29.7 Å². The summed E-state index contributed by atoms with van der Waals surface area (Å²) in [7, 11) is 1.54. The van der Waals surface area contributed by atoms with Crippen molar-refractivity contribution in [3.05, 3.63) is 103 Å². The number of para-hydroxylation sites is 2. The number of rotatable bonds is 6. The van der Waals surface area contributed by atoms with E-state index in [2.05, 4.69) is 5.32 Å². The summed E-state index contributed by atoms with van der Waals surface area (Å²) in [5, 5.41) is 3.07. The number of carbonyl (C=O) groups is 3. The van der Waals surface area contributed by atoms with Gasteiger partial charge >= 0.3 is 4.87 Å². The number of thioether (sulfide) groups is 1. The molecule has 4 aromatic rings. The zero-order valence-corrected chi connectivity index (χ0v) is 24.4. The van der Waals surface area contributed by atoms with E-state index in [9.17, 15) is 19.2 Å². The molecule has 1 aromatic heterocycles. The molecule has 2 aliphatic heterocycles. The summed E-state index contributed by atoms with van der Waals surface area (Å²) >= 11 is 8.22. The summed E-state index contributed by atoms with van der Waals surface area (Å²) < 4.78 is 7.05. The number of anilines is 2. The number of fused-ring (bicyclic) bond motifs is 2. The molecule has 0 saturated carbocycles. The van der Waals surface area contributed by atoms with Crippen LogP contribution >= 0.6 is 34.7 Å². The number of thiazole rings is 1. The summed E-state index contributed by atoms with van der Waals surface area (Å²) in [5.41, 5.74) is 2.68. The maximum absolute atomic E-state index is 14.0. The number of carbonyl (C=O) groups excluding carboxylic acids is 3. The van der Waals surface area contributed by atoms with Crippen LogP contribution in [-0.2, 0) is 20.9 Å². The van der Waals surface area contributed by atoms with Crippen LogP contribution in [0.2, 0.25) is 5.02 Å². The van der Waals surface area contributed by atoms with Crippen molar-refractivity contribution in [2.24, 2.45) is 5.92 Å². The lowest BCUT2D eigenvalue weighted by atomic mass is 9.82. The Bertz CT molecular complexity index is 1750. The SMILES string of the molecule is COc1ccccc1C1c2sc(=O)n(CC(=O)Nc3ccccc3C)c2SC2C(=O)N(c3ccc(Cl)cc3)C(=O)C21. The summed E-state index contributed by atoms with van der Waals surface area (Å²) in [6, 6.07) is 21.2. The van der Waals surface area contributed by atoms with Gasteiger partial charge in [-0.3, -0.25) is 23.7 Å². The van der Waals surface area contributed by atoms with E-state index in [4.69, 9.17) is 16.3 Å². The lowest BCUT2D eigenvalue weighted by Gasteiger charge is -2.31. The van der Waals surface area contributed by atoms with Gasteiger partial charge in [-0.1, -0.05) is 71.1 Å². The number of halogens is 1. The smallest absolute Gasteiger partial charge is 0.308 e. The molecule has 11 heteroatoms. The maximum atomic E-state index is 14.0. The summed E-state index contributed by atoms with van der Waals surface area (Å²) in [5.74, 6) is -1.97. The molecule has 0 spiro atoms. The first kappa shape index (κ1) is 27.3. The number of amides is 3. The first-order valence-corrected chi connectivity index (χ1v) is 14.9. The molecule has 1 fully saturated rings. The topological polar surface area (TPSA) is 97.7 Å². The summed E-state index contributed by atoms with van der Waals surface area (Å²) in [4.78, 5) is 55.8. The van der Waals surface area contributed by atoms with Crippen LogP contribution in [0.25, 0.3) is 0 Å². The number of nitrogens with zero attached hydrogens (tertiary/aromatic N) is 2. The van der Waals surface area contributed by atoms with Crippen molar-refractivity contribution >= 4 is 63.8 Å². The molecule has 1 saturated heterocycles. The van der Waals surface area contributed by atoms with Crippen molar-refractivity contribution in [3.63, 3.8) is 0 Å². The Kier molecular flexibility index (Phi) is 7.23. The van der Waals surface area contributed by atoms with Crippen molar-refractivity contribution in [1.29, 1.82) is 0 Å².